The number of carbonyl (C=O) groups excluding carboxylic acids is 1. The molecule has 2 saturated heterocycles. The molecule has 4 aromatic rings. The van der Waals surface area contributed by atoms with E-state index in [4.69, 9.17) is 14.7 Å². The van der Waals surface area contributed by atoms with Gasteiger partial charge in [-0.05, 0) is 75.3 Å². The monoisotopic (exact) mass is 635 g/mol. The van der Waals surface area contributed by atoms with Crippen LogP contribution >= 0.6 is 0 Å². The Hall–Kier alpha value is -4.39. The minimum Gasteiger partial charge on any atom is -0.508 e. The topological polar surface area (TPSA) is 107 Å². The maximum atomic E-state index is 16.9. The summed E-state index contributed by atoms with van der Waals surface area (Å²) >= 11 is 0. The highest BCUT2D eigenvalue weighted by atomic mass is 19.1. The molecule has 4 aliphatic heterocycles. The van der Waals surface area contributed by atoms with Crippen molar-refractivity contribution in [3.8, 4) is 17.0 Å². The standard InChI is InChI=1S/C33H36F3N7O3/c1-32-12-19(34)14-42(15-32)29-23-13-37-27(26(36)28(23)38-30(39-29)43-16-33(2,17-43)41(3)4)22-11-20(44)10-18-7-8-24(35)21(25(18)22)6-5-9-46-31(45)40-32/h7-8,10-11,13,19,44H,5-6,9,12,14-17H2,1-4H3,(H,40,45)/t19-,32-/m1/s1. The molecule has 0 saturated carbocycles. The van der Waals surface area contributed by atoms with Crippen molar-refractivity contribution in [1.29, 1.82) is 0 Å². The number of nitrogens with zero attached hydrogens (tertiary/aromatic N) is 6. The zero-order valence-corrected chi connectivity index (χ0v) is 26.2. The van der Waals surface area contributed by atoms with E-state index in [9.17, 15) is 9.90 Å². The molecule has 13 heteroatoms. The van der Waals surface area contributed by atoms with E-state index < -0.39 is 29.4 Å². The average molecular weight is 636 g/mol. The van der Waals surface area contributed by atoms with Gasteiger partial charge in [0.1, 0.15) is 34.8 Å². The number of benzene rings is 2. The summed E-state index contributed by atoms with van der Waals surface area (Å²) in [6.45, 7) is 5.14. The quantitative estimate of drug-likeness (QED) is 0.317. The molecule has 2 aromatic carbocycles. The number of alkyl carbamates (subject to hydrolysis) is 1. The molecule has 242 valence electrons. The van der Waals surface area contributed by atoms with Gasteiger partial charge in [0.15, 0.2) is 5.82 Å². The molecule has 8 rings (SSSR count). The van der Waals surface area contributed by atoms with Gasteiger partial charge in [0.25, 0.3) is 0 Å². The third kappa shape index (κ3) is 5.10. The number of likely N-dealkylation sites (N-methyl/N-ethyl adjacent to an activating group) is 1. The Morgan fingerprint density at radius 1 is 1.11 bits per heavy atom. The molecule has 0 spiro atoms. The van der Waals surface area contributed by atoms with Crippen LogP contribution in [0.1, 0.15) is 32.3 Å². The lowest BCUT2D eigenvalue weighted by atomic mass is 9.90. The second kappa shape index (κ2) is 10.9. The number of aryl methyl sites for hydroxylation is 1. The molecule has 2 fully saturated rings. The first-order valence-electron chi connectivity index (χ1n) is 15.4. The lowest BCUT2D eigenvalue weighted by Gasteiger charge is -2.52. The smallest absolute Gasteiger partial charge is 0.407 e. The van der Waals surface area contributed by atoms with Crippen molar-refractivity contribution < 1.29 is 27.8 Å². The third-order valence-electron chi connectivity index (χ3n) is 9.62. The molecule has 6 heterocycles. The van der Waals surface area contributed by atoms with Crippen LogP contribution in [0.25, 0.3) is 32.9 Å². The first-order chi connectivity index (χ1) is 21.8. The number of aromatic hydroxyl groups is 1. The lowest BCUT2D eigenvalue weighted by molar-refractivity contribution is 0.120. The molecule has 6 bridgehead atoms. The molecule has 10 nitrogen and oxygen atoms in total. The molecule has 2 N–H and O–H groups in total. The van der Waals surface area contributed by atoms with Crippen LogP contribution in [-0.2, 0) is 11.2 Å². The van der Waals surface area contributed by atoms with Gasteiger partial charge in [-0.25, -0.2) is 22.9 Å². The van der Waals surface area contributed by atoms with Crippen LogP contribution in [0.15, 0.2) is 30.5 Å². The maximum absolute atomic E-state index is 16.9. The predicted octanol–water partition coefficient (Wildman–Crippen LogP) is 4.95. The summed E-state index contributed by atoms with van der Waals surface area (Å²) in [5, 5.41) is 14.6. The number of hydrogen-bond acceptors (Lipinski definition) is 9. The van der Waals surface area contributed by atoms with Crippen LogP contribution in [0.3, 0.4) is 0 Å². The van der Waals surface area contributed by atoms with Crippen LogP contribution in [0.2, 0.25) is 0 Å². The number of piperidine rings is 1. The second-order valence-corrected chi connectivity index (χ2v) is 13.5. The fourth-order valence-electron chi connectivity index (χ4n) is 7.02. The van der Waals surface area contributed by atoms with Gasteiger partial charge in [0, 0.05) is 37.8 Å². The Morgan fingerprint density at radius 3 is 2.65 bits per heavy atom. The molecular formula is C33H36F3N7O3. The van der Waals surface area contributed by atoms with Gasteiger partial charge in [-0.15, -0.1) is 0 Å². The van der Waals surface area contributed by atoms with Crippen LogP contribution in [0.5, 0.6) is 5.75 Å². The Morgan fingerprint density at radius 2 is 1.89 bits per heavy atom. The summed E-state index contributed by atoms with van der Waals surface area (Å²) in [7, 11) is 3.98. The molecule has 0 radical (unpaired) electrons. The van der Waals surface area contributed by atoms with E-state index in [0.717, 1.165) is 0 Å². The highest BCUT2D eigenvalue weighted by Gasteiger charge is 2.43. The van der Waals surface area contributed by atoms with Crippen molar-refractivity contribution >= 4 is 39.5 Å². The van der Waals surface area contributed by atoms with E-state index in [2.05, 4.69) is 22.1 Å². The first kappa shape index (κ1) is 30.3. The predicted molar refractivity (Wildman–Crippen MR) is 169 cm³/mol. The summed E-state index contributed by atoms with van der Waals surface area (Å²) < 4.78 is 53.2. The van der Waals surface area contributed by atoms with E-state index in [-0.39, 0.29) is 89.7 Å². The largest absolute Gasteiger partial charge is 0.508 e. The molecule has 46 heavy (non-hydrogen) atoms. The van der Waals surface area contributed by atoms with Crippen molar-refractivity contribution in [1.82, 2.24) is 25.2 Å². The van der Waals surface area contributed by atoms with Crippen LogP contribution in [0.4, 0.5) is 29.7 Å². The maximum Gasteiger partial charge on any atom is 0.407 e. The number of amides is 1. The van der Waals surface area contributed by atoms with Crippen LogP contribution in [-0.4, -0.2) is 95.2 Å². The number of fused-ring (bicyclic) bond motifs is 6. The van der Waals surface area contributed by atoms with Crippen LogP contribution in [0, 0.1) is 11.6 Å². The van der Waals surface area contributed by atoms with E-state index >= 15 is 13.2 Å². The number of nitrogens with one attached hydrogen (secondary N) is 1. The summed E-state index contributed by atoms with van der Waals surface area (Å²) in [6.07, 6.45) is -0.114. The SMILES string of the molecule is CN(C)C1(C)CN(c2nc3c4cnc(c(F)c4n2)-c2cc(O)cc4ccc(F)c(c24)CCCOC(=O)N[C@]2(C)C[C@@H](F)CN3C2)C1. The molecule has 4 aliphatic rings. The molecule has 1 amide bonds. The molecule has 2 atom stereocenters. The Labute approximate surface area is 264 Å². The van der Waals surface area contributed by atoms with Gasteiger partial charge in [-0.2, -0.15) is 4.98 Å². The zero-order chi connectivity index (χ0) is 32.5. The van der Waals surface area contributed by atoms with E-state index in [1.165, 1.54) is 30.5 Å². The lowest BCUT2D eigenvalue weighted by Crippen LogP contribution is -2.67. The minimum atomic E-state index is -1.33. The summed E-state index contributed by atoms with van der Waals surface area (Å²) in [6, 6.07) is 5.67. The first-order valence-corrected chi connectivity index (χ1v) is 15.4. The van der Waals surface area contributed by atoms with Crippen LogP contribution < -0.4 is 15.1 Å². The number of anilines is 2. The number of ether oxygens (including phenoxy) is 1. The summed E-state index contributed by atoms with van der Waals surface area (Å²) in [4.78, 5) is 32.7. The van der Waals surface area contributed by atoms with E-state index in [1.807, 2.05) is 19.0 Å². The van der Waals surface area contributed by atoms with E-state index in [1.54, 1.807) is 11.8 Å². The van der Waals surface area contributed by atoms with Gasteiger partial charge in [-0.3, -0.25) is 4.98 Å². The number of alkyl halides is 1. The highest BCUT2D eigenvalue weighted by molar-refractivity contribution is 6.02. The summed E-state index contributed by atoms with van der Waals surface area (Å²) in [5.41, 5.74) is -0.834. The minimum absolute atomic E-state index is 0.0232. The molecule has 2 aromatic heterocycles. The fourth-order valence-corrected chi connectivity index (χ4v) is 7.02. The highest BCUT2D eigenvalue weighted by Crippen LogP contribution is 2.41. The van der Waals surface area contributed by atoms with Crippen molar-refractivity contribution in [3.63, 3.8) is 0 Å². The van der Waals surface area contributed by atoms with Gasteiger partial charge < -0.3 is 29.9 Å². The number of phenols is 1. The number of rotatable bonds is 2. The van der Waals surface area contributed by atoms with Gasteiger partial charge in [0.05, 0.1) is 29.6 Å². The Bertz CT molecular complexity index is 1880. The Balaban J connectivity index is 1.48. The van der Waals surface area contributed by atoms with Crippen molar-refractivity contribution in [2.45, 2.75) is 50.4 Å². The van der Waals surface area contributed by atoms with Gasteiger partial charge >= 0.3 is 6.09 Å². The van der Waals surface area contributed by atoms with E-state index in [0.29, 0.717) is 23.9 Å². The van der Waals surface area contributed by atoms with Gasteiger partial charge in [-0.1, -0.05) is 6.07 Å². The number of phenolic OH excluding ortho intramolecular Hbond substituents is 1. The van der Waals surface area contributed by atoms with Crippen molar-refractivity contribution in [2.75, 3.05) is 56.7 Å². The average Bonchev–Trinajstić information content (AvgIpc) is 2.97. The van der Waals surface area contributed by atoms with Crippen molar-refractivity contribution in [2.24, 2.45) is 0 Å². The second-order valence-electron chi connectivity index (χ2n) is 13.5. The number of carbonyl (C=O) groups is 1. The molecule has 0 unspecified atom stereocenters. The van der Waals surface area contributed by atoms with Crippen molar-refractivity contribution in [3.05, 3.63) is 47.7 Å². The zero-order valence-electron chi connectivity index (χ0n) is 26.2. The number of pyridine rings is 1. The number of aromatic nitrogens is 3. The molecular weight excluding hydrogens is 599 g/mol. The third-order valence-corrected chi connectivity index (χ3v) is 9.62. The summed E-state index contributed by atoms with van der Waals surface area (Å²) in [5.74, 6) is -0.852. The van der Waals surface area contributed by atoms with Gasteiger partial charge in [0.2, 0.25) is 5.95 Å². The number of halogens is 3. The number of hydrogen-bond donors (Lipinski definition) is 2. The molecule has 0 aliphatic carbocycles. The normalized spacial score (nSPS) is 23.0. The Kier molecular flexibility index (Phi) is 7.14. The fraction of sp³-hybridized carbons (Fsp3) is 0.455.